The van der Waals surface area contributed by atoms with Crippen LogP contribution in [0.3, 0.4) is 0 Å². The van der Waals surface area contributed by atoms with E-state index in [0.717, 1.165) is 54.9 Å². The second-order valence-corrected chi connectivity index (χ2v) is 18.2. The van der Waals surface area contributed by atoms with E-state index in [2.05, 4.69) is 56.2 Å². The third-order valence-corrected chi connectivity index (χ3v) is 13.5. The van der Waals surface area contributed by atoms with E-state index < -0.39 is 24.2 Å². The number of carbonyl (C=O) groups excluding carboxylic acids is 2. The summed E-state index contributed by atoms with van der Waals surface area (Å²) in [5, 5.41) is 29.7. The van der Waals surface area contributed by atoms with Crippen molar-refractivity contribution in [1.29, 1.82) is 0 Å². The fraction of sp³-hybridized carbons (Fsp3) is 0.682. The number of ether oxygens (including phenoxy) is 1. The zero-order chi connectivity index (χ0) is 39.8. The van der Waals surface area contributed by atoms with Crippen LogP contribution >= 0.6 is 0 Å². The fourth-order valence-corrected chi connectivity index (χ4v) is 10.3. The molecule has 7 rings (SSSR count). The lowest BCUT2D eigenvalue weighted by molar-refractivity contribution is -0.183. The molecule has 4 N–H and O–H groups in total. The number of methoxy groups -OCH3 is 1. The van der Waals surface area contributed by atoms with Crippen molar-refractivity contribution in [2.45, 2.75) is 111 Å². The SMILES string of the molecule is COc1c(CN2O[C@@H](CO)[C@@H]([C@H](C)O)[C@H]2C(=O)N[C@H]2C[C@@H]3C[C@H]([C@@H]2C)C3(C)C)cccc1-c1cc(C(=O)N[C@@H](CC(C)C)CN2CCCC2)cc(N(C)C)c1. The van der Waals surface area contributed by atoms with Crippen LogP contribution in [-0.4, -0.2) is 110 Å². The number of aliphatic hydroxyl groups excluding tert-OH is 2. The number of likely N-dealkylation sites (tertiary alicyclic amines) is 1. The number of aliphatic hydroxyl groups is 2. The number of fused-ring (bicyclic) bond motifs is 2. The molecule has 2 saturated heterocycles. The average molecular weight is 762 g/mol. The standard InChI is InChI=1S/C44H67N5O6/c1-26(2)17-33(24-48-15-10-11-16-48)45-42(52)31-18-30(19-34(20-31)47(7)8)35-14-12-13-29(41(35)54-9)23-49-40(39(28(4)51)38(25-50)55-49)43(53)46-37-22-32-21-36(27(37)3)44(32,5)6/h12-14,18-20,26-28,32-33,36-40,50-51H,10-11,15-17,21-25H2,1-9H3,(H,45,52)(H,46,53)/t27-,28-,32-,33-,36+,37-,38-,39+,40-/m0/s1. The summed E-state index contributed by atoms with van der Waals surface area (Å²) in [6.07, 6.45) is 3.82. The summed E-state index contributed by atoms with van der Waals surface area (Å²) >= 11 is 0. The molecule has 5 fully saturated rings. The molecule has 2 amide bonds. The third-order valence-electron chi connectivity index (χ3n) is 13.5. The Hall–Kier alpha value is -3.22. The third kappa shape index (κ3) is 8.71. The molecule has 5 aliphatic rings. The van der Waals surface area contributed by atoms with Crippen molar-refractivity contribution in [2.24, 2.45) is 35.0 Å². The smallest absolute Gasteiger partial charge is 0.251 e. The first-order valence-corrected chi connectivity index (χ1v) is 20.7. The zero-order valence-corrected chi connectivity index (χ0v) is 34.7. The molecule has 9 atom stereocenters. The number of nitrogens with zero attached hydrogens (tertiary/aromatic N) is 3. The molecular formula is C44H67N5O6. The Morgan fingerprint density at radius 3 is 2.42 bits per heavy atom. The first kappa shape index (κ1) is 41.4. The van der Waals surface area contributed by atoms with Crippen molar-refractivity contribution >= 4 is 17.5 Å². The van der Waals surface area contributed by atoms with Gasteiger partial charge in [0, 0.05) is 61.0 Å². The average Bonchev–Trinajstić information content (AvgIpc) is 3.79. The molecule has 2 aromatic rings. The van der Waals surface area contributed by atoms with E-state index in [1.165, 1.54) is 19.3 Å². The van der Waals surface area contributed by atoms with Gasteiger partial charge in [0.15, 0.2) is 0 Å². The van der Waals surface area contributed by atoms with E-state index in [-0.39, 0.29) is 42.5 Å². The van der Waals surface area contributed by atoms with Gasteiger partial charge < -0.3 is 35.4 Å². The van der Waals surface area contributed by atoms with Crippen LogP contribution in [0.1, 0.15) is 89.6 Å². The number of carbonyl (C=O) groups is 2. The Morgan fingerprint density at radius 1 is 1.09 bits per heavy atom. The number of hydroxylamine groups is 2. The van der Waals surface area contributed by atoms with Gasteiger partial charge in [0.05, 0.1) is 26.4 Å². The summed E-state index contributed by atoms with van der Waals surface area (Å²) in [5.41, 5.74) is 4.16. The molecular weight excluding hydrogens is 695 g/mol. The van der Waals surface area contributed by atoms with Crippen LogP contribution in [0.4, 0.5) is 5.69 Å². The molecule has 2 bridgehead atoms. The highest BCUT2D eigenvalue weighted by molar-refractivity contribution is 5.97. The van der Waals surface area contributed by atoms with Crippen LogP contribution in [0, 0.1) is 35.0 Å². The lowest BCUT2D eigenvalue weighted by atomic mass is 9.45. The van der Waals surface area contributed by atoms with Crippen molar-refractivity contribution in [3.8, 4) is 16.9 Å². The number of hydrogen-bond donors (Lipinski definition) is 4. The molecule has 2 heterocycles. The Kier molecular flexibility index (Phi) is 12.9. The molecule has 0 aromatic heterocycles. The number of anilines is 1. The van der Waals surface area contributed by atoms with Crippen molar-refractivity contribution < 1.29 is 29.4 Å². The highest BCUT2D eigenvalue weighted by Gasteiger charge is 2.57. The zero-order valence-electron chi connectivity index (χ0n) is 34.7. The van der Waals surface area contributed by atoms with Gasteiger partial charge in [0.2, 0.25) is 5.91 Å². The number of nitrogens with one attached hydrogen (secondary N) is 2. The van der Waals surface area contributed by atoms with Gasteiger partial charge in [-0.2, -0.15) is 5.06 Å². The number of amides is 2. The first-order valence-electron chi connectivity index (χ1n) is 20.7. The van der Waals surface area contributed by atoms with E-state index in [1.807, 2.05) is 49.3 Å². The van der Waals surface area contributed by atoms with Gasteiger partial charge in [-0.05, 0) is 105 Å². The number of para-hydroxylation sites is 1. The molecule has 0 spiro atoms. The highest BCUT2D eigenvalue weighted by Crippen LogP contribution is 2.61. The monoisotopic (exact) mass is 762 g/mol. The van der Waals surface area contributed by atoms with Crippen LogP contribution in [0.25, 0.3) is 11.1 Å². The second kappa shape index (κ2) is 17.1. The van der Waals surface area contributed by atoms with Crippen LogP contribution < -0.4 is 20.3 Å². The maximum atomic E-state index is 14.3. The van der Waals surface area contributed by atoms with E-state index in [9.17, 15) is 19.8 Å². The quantitative estimate of drug-likeness (QED) is 0.191. The van der Waals surface area contributed by atoms with E-state index in [4.69, 9.17) is 9.57 Å². The van der Waals surface area contributed by atoms with E-state index >= 15 is 0 Å². The first-order chi connectivity index (χ1) is 26.1. The maximum absolute atomic E-state index is 14.3. The summed E-state index contributed by atoms with van der Waals surface area (Å²) in [6.45, 7) is 15.8. The van der Waals surface area contributed by atoms with E-state index in [1.54, 1.807) is 19.1 Å². The van der Waals surface area contributed by atoms with Crippen LogP contribution in [-0.2, 0) is 16.2 Å². The van der Waals surface area contributed by atoms with E-state index in [0.29, 0.717) is 35.0 Å². The molecule has 11 heteroatoms. The minimum absolute atomic E-state index is 0.0445. The summed E-state index contributed by atoms with van der Waals surface area (Å²) in [6, 6.07) is 11.1. The molecule has 55 heavy (non-hydrogen) atoms. The topological polar surface area (TPSA) is 127 Å². The van der Waals surface area contributed by atoms with Gasteiger partial charge in [-0.3, -0.25) is 14.4 Å². The van der Waals surface area contributed by atoms with Gasteiger partial charge in [-0.15, -0.1) is 0 Å². The van der Waals surface area contributed by atoms with Gasteiger partial charge in [0.1, 0.15) is 17.9 Å². The minimum Gasteiger partial charge on any atom is -0.496 e. The predicted octanol–water partition coefficient (Wildman–Crippen LogP) is 5.33. The summed E-state index contributed by atoms with van der Waals surface area (Å²) in [4.78, 5) is 39.0. The van der Waals surface area contributed by atoms with Crippen molar-refractivity contribution in [3.63, 3.8) is 0 Å². The molecule has 2 aliphatic heterocycles. The van der Waals surface area contributed by atoms with Crippen LogP contribution in [0.2, 0.25) is 0 Å². The Labute approximate surface area is 329 Å². The lowest BCUT2D eigenvalue weighted by Crippen LogP contribution is -2.62. The van der Waals surface area contributed by atoms with Gasteiger partial charge >= 0.3 is 0 Å². The van der Waals surface area contributed by atoms with Crippen LogP contribution in [0.15, 0.2) is 36.4 Å². The Balaban J connectivity index is 1.27. The number of benzene rings is 2. The number of hydrogen-bond acceptors (Lipinski definition) is 9. The van der Waals surface area contributed by atoms with Crippen LogP contribution in [0.5, 0.6) is 5.75 Å². The van der Waals surface area contributed by atoms with Crippen molar-refractivity contribution in [3.05, 3.63) is 47.5 Å². The lowest BCUT2D eigenvalue weighted by Gasteiger charge is -2.62. The highest BCUT2D eigenvalue weighted by atomic mass is 16.7. The largest absolute Gasteiger partial charge is 0.496 e. The number of rotatable bonds is 15. The Morgan fingerprint density at radius 2 is 1.82 bits per heavy atom. The molecule has 304 valence electrons. The Bertz CT molecular complexity index is 1660. The molecule has 3 saturated carbocycles. The predicted molar refractivity (Wildman–Crippen MR) is 217 cm³/mol. The maximum Gasteiger partial charge on any atom is 0.251 e. The fourth-order valence-electron chi connectivity index (χ4n) is 10.3. The minimum atomic E-state index is -0.893. The summed E-state index contributed by atoms with van der Waals surface area (Å²) in [7, 11) is 5.56. The van der Waals surface area contributed by atoms with Gasteiger partial charge in [-0.25, -0.2) is 0 Å². The molecule has 11 nitrogen and oxygen atoms in total. The normalized spacial score (nSPS) is 28.8. The summed E-state index contributed by atoms with van der Waals surface area (Å²) < 4.78 is 6.12. The van der Waals surface area contributed by atoms with Crippen molar-refractivity contribution in [1.82, 2.24) is 20.6 Å². The van der Waals surface area contributed by atoms with Gasteiger partial charge in [0.25, 0.3) is 5.91 Å². The summed E-state index contributed by atoms with van der Waals surface area (Å²) in [5.74, 6) is 1.60. The van der Waals surface area contributed by atoms with Crippen molar-refractivity contribution in [2.75, 3.05) is 52.3 Å². The molecule has 3 aliphatic carbocycles. The molecule has 0 radical (unpaired) electrons. The molecule has 0 unspecified atom stereocenters. The second-order valence-electron chi connectivity index (χ2n) is 18.2. The van der Waals surface area contributed by atoms with Gasteiger partial charge in [-0.1, -0.05) is 52.8 Å². The molecule has 2 aromatic carbocycles.